The first-order valence-corrected chi connectivity index (χ1v) is 21.2. The first kappa shape index (κ1) is 39.3. The maximum absolute atomic E-state index is 14.7. The molecule has 2 saturated carbocycles. The molecule has 2 saturated heterocycles. The van der Waals surface area contributed by atoms with Gasteiger partial charge in [0, 0.05) is 60.8 Å². The predicted molar refractivity (Wildman–Crippen MR) is 211 cm³/mol. The van der Waals surface area contributed by atoms with Gasteiger partial charge >= 0.3 is 0 Å². The van der Waals surface area contributed by atoms with E-state index in [9.17, 15) is 27.6 Å². The van der Waals surface area contributed by atoms with Crippen molar-refractivity contribution in [3.8, 4) is 22.8 Å². The molecule has 5 atom stereocenters. The summed E-state index contributed by atoms with van der Waals surface area (Å²) in [7, 11) is -2.31. The second kappa shape index (κ2) is 15.9. The van der Waals surface area contributed by atoms with Crippen molar-refractivity contribution in [3.63, 3.8) is 0 Å². The van der Waals surface area contributed by atoms with Crippen molar-refractivity contribution in [2.75, 3.05) is 26.7 Å². The molecular formula is C42H51N5O8S. The van der Waals surface area contributed by atoms with E-state index in [4.69, 9.17) is 14.5 Å². The number of amides is 4. The molecule has 4 aliphatic rings. The molecule has 3 heterocycles. The first-order valence-electron chi connectivity index (χ1n) is 19.6. The smallest absolute Gasteiger partial charge is 0.259 e. The topological polar surface area (TPSA) is 164 Å². The second-order valence-electron chi connectivity index (χ2n) is 15.9. The highest BCUT2D eigenvalue weighted by Gasteiger charge is 2.62. The van der Waals surface area contributed by atoms with Crippen molar-refractivity contribution in [3.05, 3.63) is 67.3 Å². The average molecular weight is 786 g/mol. The van der Waals surface area contributed by atoms with E-state index in [1.54, 1.807) is 7.11 Å². The van der Waals surface area contributed by atoms with Crippen molar-refractivity contribution < 1.29 is 37.1 Å². The van der Waals surface area contributed by atoms with Crippen LogP contribution in [0.3, 0.4) is 0 Å². The molecule has 1 aromatic heterocycles. The van der Waals surface area contributed by atoms with Crippen LogP contribution in [0.5, 0.6) is 11.5 Å². The van der Waals surface area contributed by atoms with Crippen molar-refractivity contribution in [1.82, 2.24) is 24.8 Å². The van der Waals surface area contributed by atoms with Gasteiger partial charge in [-0.1, -0.05) is 50.3 Å². The number of pyridine rings is 1. The number of piperidine rings is 1. The van der Waals surface area contributed by atoms with E-state index in [1.807, 2.05) is 73.3 Å². The van der Waals surface area contributed by atoms with E-state index < -0.39 is 56.6 Å². The van der Waals surface area contributed by atoms with Crippen LogP contribution in [0, 0.1) is 17.8 Å². The van der Waals surface area contributed by atoms with E-state index >= 15 is 0 Å². The quantitative estimate of drug-likeness (QED) is 0.222. The zero-order chi connectivity index (χ0) is 39.8. The lowest BCUT2D eigenvalue weighted by atomic mass is 9.89. The fourth-order valence-electron chi connectivity index (χ4n) is 8.01. The van der Waals surface area contributed by atoms with Gasteiger partial charge in [0.05, 0.1) is 30.1 Å². The summed E-state index contributed by atoms with van der Waals surface area (Å²) in [4.78, 5) is 64.4. The second-order valence-corrected chi connectivity index (χ2v) is 17.9. The zero-order valence-electron chi connectivity index (χ0n) is 32.2. The van der Waals surface area contributed by atoms with Crippen molar-refractivity contribution in [2.24, 2.45) is 17.8 Å². The van der Waals surface area contributed by atoms with Crippen LogP contribution in [0.2, 0.25) is 0 Å². The molecule has 4 fully saturated rings. The Bertz CT molecular complexity index is 2120. The van der Waals surface area contributed by atoms with Crippen LogP contribution in [-0.4, -0.2) is 96.5 Å². The van der Waals surface area contributed by atoms with Crippen molar-refractivity contribution >= 4 is 44.6 Å². The summed E-state index contributed by atoms with van der Waals surface area (Å²) in [5, 5.41) is 2.94. The third-order valence-electron chi connectivity index (χ3n) is 11.7. The lowest BCUT2D eigenvalue weighted by molar-refractivity contribution is -0.146. The van der Waals surface area contributed by atoms with Gasteiger partial charge in [-0.15, -0.1) is 6.58 Å². The van der Waals surface area contributed by atoms with Crippen LogP contribution in [0.1, 0.15) is 65.2 Å². The summed E-state index contributed by atoms with van der Waals surface area (Å²) < 4.78 is 40.0. The van der Waals surface area contributed by atoms with Gasteiger partial charge in [0.15, 0.2) is 0 Å². The van der Waals surface area contributed by atoms with Gasteiger partial charge in [-0.2, -0.15) is 0 Å². The Balaban J connectivity index is 1.20. The van der Waals surface area contributed by atoms with Gasteiger partial charge in [0.25, 0.3) is 5.91 Å². The van der Waals surface area contributed by atoms with Crippen LogP contribution >= 0.6 is 0 Å². The number of likely N-dealkylation sites (tertiary alicyclic amines) is 2. The number of aromatic nitrogens is 1. The minimum atomic E-state index is -3.89. The van der Waals surface area contributed by atoms with E-state index in [1.165, 1.54) is 11.0 Å². The number of fused-ring (bicyclic) bond motifs is 1. The first-order chi connectivity index (χ1) is 26.8. The highest BCUT2D eigenvalue weighted by molar-refractivity contribution is 7.91. The molecule has 56 heavy (non-hydrogen) atoms. The minimum Gasteiger partial charge on any atom is -0.497 e. The molecule has 2 aromatic carbocycles. The summed E-state index contributed by atoms with van der Waals surface area (Å²) in [6, 6.07) is 15.9. The Morgan fingerprint density at radius 3 is 2.41 bits per heavy atom. The molecule has 0 spiro atoms. The number of carbonyl (C=O) groups excluding carboxylic acids is 4. The van der Waals surface area contributed by atoms with Crippen LogP contribution in [0.15, 0.2) is 67.3 Å². The van der Waals surface area contributed by atoms with E-state index in [2.05, 4.69) is 16.6 Å². The highest BCUT2D eigenvalue weighted by Crippen LogP contribution is 2.46. The zero-order valence-corrected chi connectivity index (χ0v) is 33.1. The fourth-order valence-corrected chi connectivity index (χ4v) is 9.38. The standard InChI is InChI=1S/C42H51N5O8S/c1-5-28-24-42(28,41(51)45-56(52,53)31-15-16-31)44-39(49)36-21-30(25-47(36)40(50)33(26(2)3)22-38(48)46-18-10-7-11-19-46)55-37-23-34(27-12-8-6-9-13-27)43-35-20-29(54-4)14-17-32(35)37/h5-6,8-9,12-14,17,20,23,26,28,30-31,33,36H,1,7,10-11,15-16,18-19,21-22,24-25H2,2-4H3,(H,44,49)(H,45,51)/t28-,30+,33?,36-,42+/m0/s1. The fraction of sp³-hybridized carbons (Fsp3) is 0.500. The number of nitrogens with one attached hydrogen (secondary N) is 2. The van der Waals surface area contributed by atoms with Gasteiger partial charge in [0.2, 0.25) is 27.7 Å². The number of nitrogens with zero attached hydrogens (tertiary/aromatic N) is 3. The van der Waals surface area contributed by atoms with Gasteiger partial charge in [-0.25, -0.2) is 13.4 Å². The van der Waals surface area contributed by atoms with E-state index in [0.29, 0.717) is 54.0 Å². The molecule has 0 bridgehead atoms. The molecular weight excluding hydrogens is 735 g/mol. The van der Waals surface area contributed by atoms with E-state index in [-0.39, 0.29) is 43.5 Å². The summed E-state index contributed by atoms with van der Waals surface area (Å²) in [5.41, 5.74) is 0.640. The third kappa shape index (κ3) is 8.12. The number of hydrogen-bond acceptors (Lipinski definition) is 9. The van der Waals surface area contributed by atoms with Gasteiger partial charge < -0.3 is 24.6 Å². The SMILES string of the molecule is C=C[C@H]1C[C@]1(NC(=O)[C@@H]1C[C@@H](Oc2cc(-c3ccccc3)nc3cc(OC)ccc23)CN1C(=O)C(CC(=O)N1CCCCC1)C(C)C)C(=O)NS(=O)(=O)C1CC1. The molecule has 7 rings (SSSR count). The van der Waals surface area contributed by atoms with Crippen LogP contribution in [-0.2, 0) is 29.2 Å². The number of sulfonamides is 1. The summed E-state index contributed by atoms with van der Waals surface area (Å²) >= 11 is 0. The normalized spacial score (nSPS) is 24.0. The Labute approximate surface area is 328 Å². The lowest BCUT2D eigenvalue weighted by Crippen LogP contribution is -2.57. The molecule has 0 radical (unpaired) electrons. The number of benzene rings is 2. The molecule has 1 unspecified atom stereocenters. The van der Waals surface area contributed by atoms with Gasteiger partial charge in [0.1, 0.15) is 29.2 Å². The lowest BCUT2D eigenvalue weighted by Gasteiger charge is -2.32. The monoisotopic (exact) mass is 785 g/mol. The number of rotatable bonds is 14. The number of carbonyl (C=O) groups is 4. The van der Waals surface area contributed by atoms with Gasteiger partial charge in [-0.3, -0.25) is 23.9 Å². The molecule has 13 nitrogen and oxygen atoms in total. The Morgan fingerprint density at radius 1 is 1.04 bits per heavy atom. The summed E-state index contributed by atoms with van der Waals surface area (Å²) in [6.07, 6.45) is 4.98. The maximum Gasteiger partial charge on any atom is 0.259 e. The number of hydrogen-bond donors (Lipinski definition) is 2. The molecule has 2 N–H and O–H groups in total. The van der Waals surface area contributed by atoms with Crippen LogP contribution < -0.4 is 19.5 Å². The largest absolute Gasteiger partial charge is 0.497 e. The predicted octanol–water partition coefficient (Wildman–Crippen LogP) is 4.60. The molecule has 2 aliphatic heterocycles. The van der Waals surface area contributed by atoms with Crippen molar-refractivity contribution in [2.45, 2.75) is 88.1 Å². The van der Waals surface area contributed by atoms with Crippen LogP contribution in [0.4, 0.5) is 0 Å². The van der Waals surface area contributed by atoms with Gasteiger partial charge in [-0.05, 0) is 56.6 Å². The Morgan fingerprint density at radius 2 is 1.77 bits per heavy atom. The van der Waals surface area contributed by atoms with E-state index in [0.717, 1.165) is 24.8 Å². The summed E-state index contributed by atoms with van der Waals surface area (Å²) in [5.74, 6) is -2.15. The third-order valence-corrected chi connectivity index (χ3v) is 13.5. The number of ether oxygens (including phenoxy) is 2. The molecule has 4 amide bonds. The minimum absolute atomic E-state index is 0.00797. The molecule has 3 aromatic rings. The highest BCUT2D eigenvalue weighted by atomic mass is 32.2. The maximum atomic E-state index is 14.7. The summed E-state index contributed by atoms with van der Waals surface area (Å²) in [6.45, 7) is 8.95. The Kier molecular flexibility index (Phi) is 11.1. The molecule has 298 valence electrons. The number of methoxy groups -OCH3 is 1. The van der Waals surface area contributed by atoms with Crippen LogP contribution in [0.25, 0.3) is 22.2 Å². The Hall–Kier alpha value is -4.98. The molecule has 2 aliphatic carbocycles. The molecule has 14 heteroatoms. The average Bonchev–Trinajstić information content (AvgIpc) is 4.13. The van der Waals surface area contributed by atoms with Crippen molar-refractivity contribution in [1.29, 1.82) is 0 Å².